The van der Waals surface area contributed by atoms with Crippen LogP contribution in [0.25, 0.3) is 0 Å². The van der Waals surface area contributed by atoms with E-state index in [2.05, 4.69) is 10.2 Å². The standard InChI is InChI=1S/C8H12N2O/c1-2-6-11-8(3-1)7-4-5-9-10-7/h4-5,8H,1-3,6H2,(H,9,10). The molecule has 3 heteroatoms. The third-order valence-corrected chi connectivity index (χ3v) is 2.03. The highest BCUT2D eigenvalue weighted by Crippen LogP contribution is 2.25. The Labute approximate surface area is 65.8 Å². The summed E-state index contributed by atoms with van der Waals surface area (Å²) in [7, 11) is 0. The summed E-state index contributed by atoms with van der Waals surface area (Å²) in [4.78, 5) is 0. The molecule has 1 N–H and O–H groups in total. The van der Waals surface area contributed by atoms with Gasteiger partial charge in [-0.2, -0.15) is 5.10 Å². The first kappa shape index (κ1) is 6.85. The maximum Gasteiger partial charge on any atom is 0.101 e. The number of rotatable bonds is 1. The quantitative estimate of drug-likeness (QED) is 0.664. The third-order valence-electron chi connectivity index (χ3n) is 2.03. The minimum absolute atomic E-state index is 0.245. The average Bonchev–Trinajstić information content (AvgIpc) is 2.58. The molecule has 0 amide bonds. The van der Waals surface area contributed by atoms with Crippen LogP contribution in [-0.2, 0) is 4.74 Å². The molecule has 1 aromatic heterocycles. The smallest absolute Gasteiger partial charge is 0.101 e. The summed E-state index contributed by atoms with van der Waals surface area (Å²) in [5.74, 6) is 0. The van der Waals surface area contributed by atoms with Gasteiger partial charge in [0.15, 0.2) is 0 Å². The van der Waals surface area contributed by atoms with E-state index in [-0.39, 0.29) is 6.10 Å². The molecule has 2 heterocycles. The molecule has 0 bridgehead atoms. The number of ether oxygens (including phenoxy) is 1. The van der Waals surface area contributed by atoms with Crippen molar-refractivity contribution in [2.75, 3.05) is 6.61 Å². The second-order valence-electron chi connectivity index (χ2n) is 2.85. The Morgan fingerprint density at radius 1 is 1.55 bits per heavy atom. The van der Waals surface area contributed by atoms with Gasteiger partial charge in [0.05, 0.1) is 5.69 Å². The summed E-state index contributed by atoms with van der Waals surface area (Å²) in [5.41, 5.74) is 1.05. The highest BCUT2D eigenvalue weighted by atomic mass is 16.5. The van der Waals surface area contributed by atoms with Crippen LogP contribution in [0.1, 0.15) is 31.1 Å². The first-order valence-electron chi connectivity index (χ1n) is 4.08. The molecule has 60 valence electrons. The van der Waals surface area contributed by atoms with Gasteiger partial charge in [0.25, 0.3) is 0 Å². The van der Waals surface area contributed by atoms with Gasteiger partial charge in [0.1, 0.15) is 6.10 Å². The Kier molecular flexibility index (Phi) is 1.90. The van der Waals surface area contributed by atoms with Crippen LogP contribution >= 0.6 is 0 Å². The highest BCUT2D eigenvalue weighted by Gasteiger charge is 2.16. The summed E-state index contributed by atoms with van der Waals surface area (Å²) in [6, 6.07) is 1.98. The minimum atomic E-state index is 0.245. The average molecular weight is 152 g/mol. The molecule has 0 aliphatic carbocycles. The number of aromatic amines is 1. The van der Waals surface area contributed by atoms with Crippen molar-refractivity contribution in [2.45, 2.75) is 25.4 Å². The Morgan fingerprint density at radius 3 is 3.18 bits per heavy atom. The lowest BCUT2D eigenvalue weighted by Gasteiger charge is -2.20. The Hall–Kier alpha value is -0.830. The van der Waals surface area contributed by atoms with Crippen LogP contribution in [0.3, 0.4) is 0 Å². The van der Waals surface area contributed by atoms with Gasteiger partial charge < -0.3 is 4.74 Å². The first-order chi connectivity index (χ1) is 5.47. The van der Waals surface area contributed by atoms with Crippen LogP contribution in [0.2, 0.25) is 0 Å². The molecule has 0 aromatic carbocycles. The number of hydrogen-bond donors (Lipinski definition) is 1. The van der Waals surface area contributed by atoms with E-state index in [0.717, 1.165) is 18.7 Å². The summed E-state index contributed by atoms with van der Waals surface area (Å²) in [5, 5.41) is 6.89. The molecule has 1 saturated heterocycles. The molecule has 0 radical (unpaired) electrons. The monoisotopic (exact) mass is 152 g/mol. The van der Waals surface area contributed by atoms with Crippen molar-refractivity contribution in [3.8, 4) is 0 Å². The van der Waals surface area contributed by atoms with Gasteiger partial charge in [-0.25, -0.2) is 0 Å². The fraction of sp³-hybridized carbons (Fsp3) is 0.625. The van der Waals surface area contributed by atoms with Crippen LogP contribution in [0.4, 0.5) is 0 Å². The number of nitrogens with zero attached hydrogens (tertiary/aromatic N) is 1. The zero-order valence-electron chi connectivity index (χ0n) is 6.42. The largest absolute Gasteiger partial charge is 0.372 e. The van der Waals surface area contributed by atoms with Crippen LogP contribution in [0, 0.1) is 0 Å². The summed E-state index contributed by atoms with van der Waals surface area (Å²) in [6.07, 6.45) is 5.66. The van der Waals surface area contributed by atoms with E-state index in [1.165, 1.54) is 12.8 Å². The zero-order chi connectivity index (χ0) is 7.52. The van der Waals surface area contributed by atoms with E-state index in [9.17, 15) is 0 Å². The van der Waals surface area contributed by atoms with Gasteiger partial charge in [-0.05, 0) is 25.3 Å². The van der Waals surface area contributed by atoms with Gasteiger partial charge in [0.2, 0.25) is 0 Å². The lowest BCUT2D eigenvalue weighted by atomic mass is 10.1. The SMILES string of the molecule is c1cc(C2CCCCO2)n[nH]1. The Bertz CT molecular complexity index is 202. The molecular weight excluding hydrogens is 140 g/mol. The molecule has 1 fully saturated rings. The molecule has 1 aliphatic rings. The Morgan fingerprint density at radius 2 is 2.55 bits per heavy atom. The van der Waals surface area contributed by atoms with Crippen molar-refractivity contribution < 1.29 is 4.74 Å². The summed E-state index contributed by atoms with van der Waals surface area (Å²) in [6.45, 7) is 0.886. The predicted molar refractivity (Wildman–Crippen MR) is 41.1 cm³/mol. The lowest BCUT2D eigenvalue weighted by Crippen LogP contribution is -2.11. The van der Waals surface area contributed by atoms with Crippen LogP contribution < -0.4 is 0 Å². The van der Waals surface area contributed by atoms with Crippen molar-refractivity contribution in [1.82, 2.24) is 10.2 Å². The van der Waals surface area contributed by atoms with E-state index in [1.807, 2.05) is 12.3 Å². The highest BCUT2D eigenvalue weighted by molar-refractivity contribution is 5.02. The zero-order valence-corrected chi connectivity index (χ0v) is 6.42. The van der Waals surface area contributed by atoms with Crippen molar-refractivity contribution >= 4 is 0 Å². The minimum Gasteiger partial charge on any atom is -0.372 e. The second kappa shape index (κ2) is 3.05. The van der Waals surface area contributed by atoms with Crippen LogP contribution in [-0.4, -0.2) is 16.8 Å². The number of nitrogens with one attached hydrogen (secondary N) is 1. The lowest BCUT2D eigenvalue weighted by molar-refractivity contribution is 0.0123. The molecule has 1 unspecified atom stereocenters. The van der Waals surface area contributed by atoms with Gasteiger partial charge in [0, 0.05) is 12.8 Å². The number of H-pyrrole nitrogens is 1. The van der Waals surface area contributed by atoms with E-state index in [1.54, 1.807) is 0 Å². The van der Waals surface area contributed by atoms with E-state index < -0.39 is 0 Å². The normalized spacial score (nSPS) is 25.3. The van der Waals surface area contributed by atoms with Gasteiger partial charge in [-0.15, -0.1) is 0 Å². The molecule has 1 atom stereocenters. The molecule has 1 aromatic rings. The number of hydrogen-bond acceptors (Lipinski definition) is 2. The third kappa shape index (κ3) is 1.43. The van der Waals surface area contributed by atoms with Crippen LogP contribution in [0.15, 0.2) is 12.3 Å². The fourth-order valence-electron chi connectivity index (χ4n) is 1.43. The molecule has 0 spiro atoms. The van der Waals surface area contributed by atoms with Crippen LogP contribution in [0.5, 0.6) is 0 Å². The van der Waals surface area contributed by atoms with Crippen molar-refractivity contribution in [2.24, 2.45) is 0 Å². The first-order valence-corrected chi connectivity index (χ1v) is 4.08. The fourth-order valence-corrected chi connectivity index (χ4v) is 1.43. The molecule has 11 heavy (non-hydrogen) atoms. The number of aromatic nitrogens is 2. The van der Waals surface area contributed by atoms with Crippen molar-refractivity contribution in [3.63, 3.8) is 0 Å². The molecular formula is C8H12N2O. The second-order valence-corrected chi connectivity index (χ2v) is 2.85. The van der Waals surface area contributed by atoms with E-state index in [4.69, 9.17) is 4.74 Å². The van der Waals surface area contributed by atoms with Crippen molar-refractivity contribution in [3.05, 3.63) is 18.0 Å². The maximum atomic E-state index is 5.54. The predicted octanol–water partition coefficient (Wildman–Crippen LogP) is 1.65. The molecule has 1 aliphatic heterocycles. The molecule has 2 rings (SSSR count). The van der Waals surface area contributed by atoms with Gasteiger partial charge in [-0.1, -0.05) is 0 Å². The molecule has 0 saturated carbocycles. The summed E-state index contributed by atoms with van der Waals surface area (Å²) >= 11 is 0. The van der Waals surface area contributed by atoms with Gasteiger partial charge in [-0.3, -0.25) is 5.10 Å². The topological polar surface area (TPSA) is 37.9 Å². The van der Waals surface area contributed by atoms with E-state index in [0.29, 0.717) is 0 Å². The molecule has 3 nitrogen and oxygen atoms in total. The summed E-state index contributed by atoms with van der Waals surface area (Å²) < 4.78 is 5.54. The Balaban J connectivity index is 2.04. The van der Waals surface area contributed by atoms with E-state index >= 15 is 0 Å². The van der Waals surface area contributed by atoms with Gasteiger partial charge >= 0.3 is 0 Å². The maximum absolute atomic E-state index is 5.54. The van der Waals surface area contributed by atoms with Crippen molar-refractivity contribution in [1.29, 1.82) is 0 Å².